The van der Waals surface area contributed by atoms with Crippen molar-refractivity contribution < 1.29 is 41.4 Å². The van der Waals surface area contributed by atoms with Crippen LogP contribution in [0.4, 0.5) is 22.0 Å². The van der Waals surface area contributed by atoms with Gasteiger partial charge in [0.15, 0.2) is 0 Å². The summed E-state index contributed by atoms with van der Waals surface area (Å²) in [6.07, 6.45) is -4.95. The first-order valence-corrected chi connectivity index (χ1v) is 17.2. The highest BCUT2D eigenvalue weighted by atomic mass is 79.9. The number of carbonyl (C=O) groups is 2. The number of rotatable bonds is 10. The molecule has 5 rings (SSSR count). The van der Waals surface area contributed by atoms with Gasteiger partial charge in [-0.15, -0.1) is 0 Å². The Labute approximate surface area is 306 Å². The van der Waals surface area contributed by atoms with Crippen molar-refractivity contribution in [2.75, 3.05) is 26.2 Å². The van der Waals surface area contributed by atoms with E-state index in [0.29, 0.717) is 33.8 Å². The number of aromatic hydroxyl groups is 1. The predicted octanol–water partition coefficient (Wildman–Crippen LogP) is 7.43. The molecule has 3 aromatic carbocycles. The Morgan fingerprint density at radius 3 is 2.31 bits per heavy atom. The van der Waals surface area contributed by atoms with Gasteiger partial charge in [0.25, 0.3) is 5.56 Å². The van der Waals surface area contributed by atoms with Crippen LogP contribution >= 0.6 is 15.9 Å². The van der Waals surface area contributed by atoms with Crippen LogP contribution < -0.4 is 10.9 Å². The molecular weight excluding hydrogens is 753 g/mol. The highest BCUT2D eigenvalue weighted by Crippen LogP contribution is 2.35. The number of halogens is 6. The zero-order chi connectivity index (χ0) is 38.3. The van der Waals surface area contributed by atoms with E-state index in [1.807, 2.05) is 0 Å². The molecule has 0 spiro atoms. The van der Waals surface area contributed by atoms with Crippen LogP contribution in [0.5, 0.6) is 5.75 Å². The number of aromatic nitrogens is 1. The molecule has 0 bridgehead atoms. The lowest BCUT2D eigenvalue weighted by Crippen LogP contribution is -2.49. The van der Waals surface area contributed by atoms with Crippen LogP contribution in [0.1, 0.15) is 53.3 Å². The van der Waals surface area contributed by atoms with Gasteiger partial charge in [0.1, 0.15) is 23.8 Å². The van der Waals surface area contributed by atoms with Crippen molar-refractivity contribution in [2.45, 2.75) is 59.1 Å². The average molecular weight is 793 g/mol. The summed E-state index contributed by atoms with van der Waals surface area (Å²) in [5.41, 5.74) is 0.107. The van der Waals surface area contributed by atoms with E-state index in [1.165, 1.54) is 19.1 Å². The third kappa shape index (κ3) is 10.1. The maximum Gasteiger partial charge on any atom is 0.416 e. The summed E-state index contributed by atoms with van der Waals surface area (Å²) < 4.78 is 76.6. The number of esters is 1. The smallest absolute Gasteiger partial charge is 0.416 e. The molecule has 1 amide bonds. The Morgan fingerprint density at radius 2 is 1.73 bits per heavy atom. The fraction of sp³-hybridized carbons (Fsp3) is 0.342. The van der Waals surface area contributed by atoms with E-state index in [9.17, 15) is 37.1 Å². The van der Waals surface area contributed by atoms with Gasteiger partial charge in [-0.2, -0.15) is 13.2 Å². The second kappa shape index (κ2) is 17.3. The van der Waals surface area contributed by atoms with Gasteiger partial charge in [0.2, 0.25) is 5.91 Å². The maximum atomic E-state index is 15.3. The summed E-state index contributed by atoms with van der Waals surface area (Å²) >= 11 is 3.34. The van der Waals surface area contributed by atoms with Crippen LogP contribution in [0.3, 0.4) is 0 Å². The lowest BCUT2D eigenvalue weighted by atomic mass is 9.95. The number of hydrogen-bond donors (Lipinski definition) is 2. The lowest BCUT2D eigenvalue weighted by molar-refractivity contribution is -0.140. The van der Waals surface area contributed by atoms with E-state index in [4.69, 9.17) is 0 Å². The minimum absolute atomic E-state index is 0.00631. The van der Waals surface area contributed by atoms with Crippen molar-refractivity contribution in [1.29, 1.82) is 0 Å². The third-order valence-electron chi connectivity index (χ3n) is 8.44. The van der Waals surface area contributed by atoms with Gasteiger partial charge in [-0.25, -0.2) is 8.78 Å². The van der Waals surface area contributed by atoms with Crippen LogP contribution in [-0.2, 0) is 33.5 Å². The maximum absolute atomic E-state index is 15.3. The number of carbonyl (C=O) groups excluding carboxylic acids is 2. The Hall–Kier alpha value is -4.56. The molecule has 1 saturated heterocycles. The van der Waals surface area contributed by atoms with Crippen LogP contribution in [0.15, 0.2) is 76.1 Å². The first-order chi connectivity index (χ1) is 24.5. The molecule has 52 heavy (non-hydrogen) atoms. The van der Waals surface area contributed by atoms with E-state index in [0.717, 1.165) is 16.3 Å². The number of amides is 1. The number of pyridine rings is 1. The molecule has 1 aliphatic rings. The molecule has 1 aliphatic heterocycles. The number of likely N-dealkylation sites (tertiary alicyclic amines) is 1. The average Bonchev–Trinajstić information content (AvgIpc) is 3.04. The molecule has 1 atom stereocenters. The summed E-state index contributed by atoms with van der Waals surface area (Å²) in [5.74, 6) is -1.54. The minimum Gasteiger partial charge on any atom is -0.507 e. The number of nitrogens with one attached hydrogen (secondary N) is 1. The molecular formula is C38H39BrF5N3O5. The van der Waals surface area contributed by atoms with E-state index in [2.05, 4.69) is 26.0 Å². The molecule has 14 heteroatoms. The van der Waals surface area contributed by atoms with Gasteiger partial charge in [0.05, 0.1) is 12.2 Å². The molecule has 1 aromatic heterocycles. The number of benzene rings is 3. The first kappa shape index (κ1) is 40.2. The van der Waals surface area contributed by atoms with E-state index >= 15 is 4.39 Å². The molecule has 1 unspecified atom stereocenters. The predicted molar refractivity (Wildman–Crippen MR) is 190 cm³/mol. The van der Waals surface area contributed by atoms with Gasteiger partial charge >= 0.3 is 12.1 Å². The van der Waals surface area contributed by atoms with Crippen molar-refractivity contribution in [3.05, 3.63) is 121 Å². The van der Waals surface area contributed by atoms with Gasteiger partial charge in [-0.05, 0) is 85.3 Å². The fourth-order valence-electron chi connectivity index (χ4n) is 5.97. The van der Waals surface area contributed by atoms with E-state index < -0.39 is 41.2 Å². The molecule has 1 fully saturated rings. The summed E-state index contributed by atoms with van der Waals surface area (Å²) in [7, 11) is 0. The number of alkyl halides is 4. The lowest BCUT2D eigenvalue weighted by Gasteiger charge is -2.34. The Kier molecular flexibility index (Phi) is 13.4. The molecule has 2 heterocycles. The van der Waals surface area contributed by atoms with Gasteiger partial charge in [-0.3, -0.25) is 23.9 Å². The highest BCUT2D eigenvalue weighted by molar-refractivity contribution is 9.10. The van der Waals surface area contributed by atoms with Crippen LogP contribution in [-0.4, -0.2) is 58.9 Å². The molecule has 2 N–H and O–H groups in total. The normalized spacial score (nSPS) is 13.8. The SMILES string of the molecule is CCOC(C)=O.Cc1cc(-c2c(C)cccc2O)cc(CNC(=O)C(c2cccc(Br)c2)n2cc(CCN3CC(F)C3)c(C(F)(F)F)cc2=O)c1F. The first-order valence-electron chi connectivity index (χ1n) is 16.4. The standard InChI is InChI=1S/C34H31BrF5N3O3.C4H8O2/c1-19-5-3-8-28(44)30(19)23-11-20(2)31(37)24(12-23)15-41-33(46)32(21-6-4-7-25(35)13-21)43-16-22(9-10-42-17-26(36)18-42)27(14-29(43)45)34(38,39)40;1-3-6-4(2)5/h3-8,11-14,16,26,32,44H,9-10,15,17-18H2,1-2H3,(H,41,46);3H2,1-2H3. The minimum atomic E-state index is -4.83. The van der Waals surface area contributed by atoms with E-state index in [1.54, 1.807) is 68.1 Å². The monoisotopic (exact) mass is 791 g/mol. The summed E-state index contributed by atoms with van der Waals surface area (Å²) in [6.45, 7) is 7.07. The summed E-state index contributed by atoms with van der Waals surface area (Å²) in [5, 5.41) is 13.2. The van der Waals surface area contributed by atoms with Crippen molar-refractivity contribution >= 4 is 27.8 Å². The molecule has 4 aromatic rings. The van der Waals surface area contributed by atoms with Crippen LogP contribution in [0, 0.1) is 19.7 Å². The molecule has 278 valence electrons. The third-order valence-corrected chi connectivity index (χ3v) is 8.93. The fourth-order valence-corrected chi connectivity index (χ4v) is 6.38. The molecule has 8 nitrogen and oxygen atoms in total. The largest absolute Gasteiger partial charge is 0.507 e. The van der Waals surface area contributed by atoms with Crippen LogP contribution in [0.2, 0.25) is 0 Å². The van der Waals surface area contributed by atoms with Crippen molar-refractivity contribution in [2.24, 2.45) is 0 Å². The zero-order valence-corrected chi connectivity index (χ0v) is 30.6. The number of aryl methyl sites for hydroxylation is 2. The van der Waals surface area contributed by atoms with Crippen molar-refractivity contribution in [3.8, 4) is 16.9 Å². The van der Waals surface area contributed by atoms with Gasteiger partial charge < -0.3 is 15.2 Å². The van der Waals surface area contributed by atoms with Crippen LogP contribution in [0.25, 0.3) is 11.1 Å². The molecule has 0 radical (unpaired) electrons. The highest BCUT2D eigenvalue weighted by Gasteiger charge is 2.36. The van der Waals surface area contributed by atoms with E-state index in [-0.39, 0.29) is 61.0 Å². The number of nitrogens with zero attached hydrogens (tertiary/aromatic N) is 2. The number of phenolic OH excluding ortho intramolecular Hbond substituents is 1. The summed E-state index contributed by atoms with van der Waals surface area (Å²) in [4.78, 5) is 38.6. The Bertz CT molecular complexity index is 1960. The zero-order valence-electron chi connectivity index (χ0n) is 29.0. The number of hydrogen-bond acceptors (Lipinski definition) is 6. The van der Waals surface area contributed by atoms with Gasteiger partial charge in [0, 0.05) is 61.0 Å². The van der Waals surface area contributed by atoms with Crippen molar-refractivity contribution in [3.63, 3.8) is 0 Å². The number of ether oxygens (including phenoxy) is 1. The number of phenols is 1. The Morgan fingerprint density at radius 1 is 1.04 bits per heavy atom. The quantitative estimate of drug-likeness (QED) is 0.128. The molecule has 0 aliphatic carbocycles. The second-order valence-corrected chi connectivity index (χ2v) is 13.3. The van der Waals surface area contributed by atoms with Crippen molar-refractivity contribution in [1.82, 2.24) is 14.8 Å². The Balaban J connectivity index is 0.000000929. The van der Waals surface area contributed by atoms with Gasteiger partial charge in [-0.1, -0.05) is 40.2 Å². The topological polar surface area (TPSA) is 101 Å². The summed E-state index contributed by atoms with van der Waals surface area (Å²) in [6, 6.07) is 13.6. The second-order valence-electron chi connectivity index (χ2n) is 12.4. The molecule has 0 saturated carbocycles.